The first kappa shape index (κ1) is 22.4. The Labute approximate surface area is 182 Å². The average Bonchev–Trinajstić information content (AvgIpc) is 2.96. The molecule has 7 heteroatoms. The van der Waals surface area contributed by atoms with E-state index in [0.717, 1.165) is 58.4 Å². The van der Waals surface area contributed by atoms with Gasteiger partial charge >= 0.3 is 0 Å². The van der Waals surface area contributed by atoms with Crippen LogP contribution < -0.4 is 4.74 Å². The second-order valence-electron chi connectivity index (χ2n) is 8.31. The SMILES string of the molecule is COc1cc(C)c(/C=C2\SC(=O)N(CC(=O)N3CCCC[C@@H]3C)C2=O)cc1C(C)C. The molecule has 0 saturated carbocycles. The zero-order valence-corrected chi connectivity index (χ0v) is 19.2. The number of benzene rings is 1. The maximum Gasteiger partial charge on any atom is 0.294 e. The van der Waals surface area contributed by atoms with Crippen molar-refractivity contribution in [3.63, 3.8) is 0 Å². The summed E-state index contributed by atoms with van der Waals surface area (Å²) < 4.78 is 5.48. The Bertz CT molecular complexity index is 893. The highest BCUT2D eigenvalue weighted by Gasteiger charge is 2.38. The first-order valence-electron chi connectivity index (χ1n) is 10.5. The number of likely N-dealkylation sites (tertiary alicyclic amines) is 1. The number of thioether (sulfide) groups is 1. The third kappa shape index (κ3) is 4.56. The maximum absolute atomic E-state index is 12.9. The van der Waals surface area contributed by atoms with E-state index in [0.29, 0.717) is 11.4 Å². The Morgan fingerprint density at radius 1 is 1.30 bits per heavy atom. The lowest BCUT2D eigenvalue weighted by molar-refractivity contribution is -0.138. The van der Waals surface area contributed by atoms with E-state index >= 15 is 0 Å². The van der Waals surface area contributed by atoms with Crippen LogP contribution in [0.1, 0.15) is 62.6 Å². The molecular weight excluding hydrogens is 400 g/mol. The summed E-state index contributed by atoms with van der Waals surface area (Å²) in [4.78, 5) is 41.3. The molecule has 2 saturated heterocycles. The molecule has 0 aromatic heterocycles. The zero-order chi connectivity index (χ0) is 22.0. The van der Waals surface area contributed by atoms with Gasteiger partial charge in [-0.05, 0) is 85.7 Å². The second-order valence-corrected chi connectivity index (χ2v) is 9.30. The van der Waals surface area contributed by atoms with E-state index in [2.05, 4.69) is 13.8 Å². The number of carbonyl (C=O) groups excluding carboxylic acids is 3. The molecule has 1 atom stereocenters. The highest BCUT2D eigenvalue weighted by molar-refractivity contribution is 8.18. The van der Waals surface area contributed by atoms with Crippen LogP contribution >= 0.6 is 11.8 Å². The summed E-state index contributed by atoms with van der Waals surface area (Å²) in [6.45, 7) is 8.63. The van der Waals surface area contributed by atoms with Crippen molar-refractivity contribution < 1.29 is 19.1 Å². The zero-order valence-electron chi connectivity index (χ0n) is 18.4. The Morgan fingerprint density at radius 3 is 2.67 bits per heavy atom. The summed E-state index contributed by atoms with van der Waals surface area (Å²) in [7, 11) is 1.64. The summed E-state index contributed by atoms with van der Waals surface area (Å²) in [5, 5.41) is -0.389. The number of imide groups is 1. The number of ether oxygens (including phenoxy) is 1. The molecule has 30 heavy (non-hydrogen) atoms. The third-order valence-electron chi connectivity index (χ3n) is 5.82. The predicted octanol–water partition coefficient (Wildman–Crippen LogP) is 4.56. The minimum Gasteiger partial charge on any atom is -0.496 e. The number of methoxy groups -OCH3 is 1. The minimum absolute atomic E-state index is 0.151. The van der Waals surface area contributed by atoms with Crippen LogP contribution in [0, 0.1) is 6.92 Å². The molecule has 2 aliphatic heterocycles. The summed E-state index contributed by atoms with van der Waals surface area (Å²) >= 11 is 0.896. The molecule has 1 aromatic rings. The molecule has 0 N–H and O–H groups in total. The van der Waals surface area contributed by atoms with E-state index < -0.39 is 5.91 Å². The normalized spacial score (nSPS) is 21.1. The first-order chi connectivity index (χ1) is 14.2. The fourth-order valence-electron chi connectivity index (χ4n) is 3.97. The molecule has 0 unspecified atom stereocenters. The lowest BCUT2D eigenvalue weighted by Gasteiger charge is -2.34. The lowest BCUT2D eigenvalue weighted by atomic mass is 9.96. The van der Waals surface area contributed by atoms with Crippen molar-refractivity contribution in [2.75, 3.05) is 20.2 Å². The summed E-state index contributed by atoms with van der Waals surface area (Å²) in [5.41, 5.74) is 2.88. The third-order valence-corrected chi connectivity index (χ3v) is 6.72. The van der Waals surface area contributed by atoms with Crippen LogP contribution in [-0.2, 0) is 9.59 Å². The number of amides is 3. The van der Waals surface area contributed by atoms with Crippen LogP contribution in [-0.4, -0.2) is 53.1 Å². The molecule has 1 aromatic carbocycles. The maximum atomic E-state index is 12.9. The Balaban J connectivity index is 1.81. The highest BCUT2D eigenvalue weighted by atomic mass is 32.2. The van der Waals surface area contributed by atoms with Gasteiger partial charge in [0.25, 0.3) is 11.1 Å². The Morgan fingerprint density at radius 2 is 2.03 bits per heavy atom. The number of hydrogen-bond acceptors (Lipinski definition) is 5. The van der Waals surface area contributed by atoms with Crippen molar-refractivity contribution in [2.24, 2.45) is 0 Å². The van der Waals surface area contributed by atoms with Gasteiger partial charge in [0.15, 0.2) is 0 Å². The van der Waals surface area contributed by atoms with Crippen LogP contribution in [0.2, 0.25) is 0 Å². The molecule has 162 valence electrons. The van der Waals surface area contributed by atoms with Crippen LogP contribution in [0.3, 0.4) is 0 Å². The fraction of sp³-hybridized carbons (Fsp3) is 0.522. The van der Waals surface area contributed by atoms with Crippen LogP contribution in [0.25, 0.3) is 6.08 Å². The van der Waals surface area contributed by atoms with Crippen molar-refractivity contribution in [1.29, 1.82) is 0 Å². The molecular formula is C23H30N2O4S. The molecule has 0 radical (unpaired) electrons. The van der Waals surface area contributed by atoms with E-state index in [1.807, 2.05) is 26.0 Å². The summed E-state index contributed by atoms with van der Waals surface area (Å²) in [6.07, 6.45) is 4.78. The van der Waals surface area contributed by atoms with Gasteiger partial charge in [-0.3, -0.25) is 19.3 Å². The second kappa shape index (κ2) is 9.25. The number of piperidine rings is 1. The number of carbonyl (C=O) groups is 3. The monoisotopic (exact) mass is 430 g/mol. The fourth-order valence-corrected chi connectivity index (χ4v) is 4.80. The molecule has 2 heterocycles. The number of aryl methyl sites for hydroxylation is 1. The topological polar surface area (TPSA) is 66.9 Å². The molecule has 0 aliphatic carbocycles. The quantitative estimate of drug-likeness (QED) is 0.641. The summed E-state index contributed by atoms with van der Waals surface area (Å²) in [6, 6.07) is 4.11. The molecule has 2 fully saturated rings. The smallest absolute Gasteiger partial charge is 0.294 e. The van der Waals surface area contributed by atoms with Gasteiger partial charge in [0, 0.05) is 12.6 Å². The molecule has 3 amide bonds. The minimum atomic E-state index is -0.399. The largest absolute Gasteiger partial charge is 0.496 e. The van der Waals surface area contributed by atoms with Gasteiger partial charge in [-0.25, -0.2) is 0 Å². The van der Waals surface area contributed by atoms with Gasteiger partial charge in [0.05, 0.1) is 12.0 Å². The number of rotatable bonds is 5. The van der Waals surface area contributed by atoms with Crippen molar-refractivity contribution in [1.82, 2.24) is 9.80 Å². The van der Waals surface area contributed by atoms with E-state index in [4.69, 9.17) is 4.74 Å². The molecule has 0 bridgehead atoms. The number of nitrogens with zero attached hydrogens (tertiary/aromatic N) is 2. The molecule has 0 spiro atoms. The van der Waals surface area contributed by atoms with E-state index in [1.165, 1.54) is 0 Å². The van der Waals surface area contributed by atoms with Gasteiger partial charge in [-0.2, -0.15) is 0 Å². The predicted molar refractivity (Wildman–Crippen MR) is 120 cm³/mol. The van der Waals surface area contributed by atoms with E-state index in [-0.39, 0.29) is 29.7 Å². The molecule has 3 rings (SSSR count). The van der Waals surface area contributed by atoms with E-state index in [1.54, 1.807) is 18.1 Å². The van der Waals surface area contributed by atoms with Gasteiger partial charge < -0.3 is 9.64 Å². The highest BCUT2D eigenvalue weighted by Crippen LogP contribution is 2.35. The first-order valence-corrected chi connectivity index (χ1v) is 11.3. The van der Waals surface area contributed by atoms with Gasteiger partial charge in [0.2, 0.25) is 5.91 Å². The Kier molecular flexibility index (Phi) is 6.91. The van der Waals surface area contributed by atoms with Gasteiger partial charge in [-0.1, -0.05) is 13.8 Å². The van der Waals surface area contributed by atoms with Crippen LogP contribution in [0.15, 0.2) is 17.0 Å². The Hall–Kier alpha value is -2.28. The van der Waals surface area contributed by atoms with Gasteiger partial charge in [0.1, 0.15) is 12.3 Å². The lowest BCUT2D eigenvalue weighted by Crippen LogP contribution is -2.47. The summed E-state index contributed by atoms with van der Waals surface area (Å²) in [5.74, 6) is 0.513. The van der Waals surface area contributed by atoms with Crippen molar-refractivity contribution in [3.05, 3.63) is 33.7 Å². The van der Waals surface area contributed by atoms with Gasteiger partial charge in [-0.15, -0.1) is 0 Å². The van der Waals surface area contributed by atoms with Crippen molar-refractivity contribution in [2.45, 2.75) is 58.9 Å². The van der Waals surface area contributed by atoms with Crippen LogP contribution in [0.4, 0.5) is 4.79 Å². The average molecular weight is 431 g/mol. The van der Waals surface area contributed by atoms with E-state index in [9.17, 15) is 14.4 Å². The number of hydrogen-bond donors (Lipinski definition) is 0. The van der Waals surface area contributed by atoms with Crippen molar-refractivity contribution >= 4 is 34.9 Å². The van der Waals surface area contributed by atoms with Crippen molar-refractivity contribution in [3.8, 4) is 5.75 Å². The van der Waals surface area contributed by atoms with Crippen LogP contribution in [0.5, 0.6) is 5.75 Å². The molecule has 2 aliphatic rings. The standard InChI is InChI=1S/C23H30N2O4S/c1-14(2)18-11-17(15(3)10-19(18)29-5)12-20-22(27)25(23(28)30-20)13-21(26)24-9-7-6-8-16(24)4/h10-12,14,16H,6-9,13H2,1-5H3/b20-12-/t16-/m0/s1. The molecule has 6 nitrogen and oxygen atoms in total.